The van der Waals surface area contributed by atoms with Gasteiger partial charge in [-0.2, -0.15) is 0 Å². The maximum Gasteiger partial charge on any atom is 0.238 e. The number of hydrogen-bond donors (Lipinski definition) is 2. The van der Waals surface area contributed by atoms with Crippen LogP contribution in [0.3, 0.4) is 0 Å². The Labute approximate surface area is 127 Å². The maximum atomic E-state index is 12.0. The third kappa shape index (κ3) is 4.15. The Morgan fingerprint density at radius 2 is 2.26 bits per heavy atom. The molecule has 3 N–H and O–H groups in total. The van der Waals surface area contributed by atoms with Crippen molar-refractivity contribution in [1.82, 2.24) is 4.90 Å². The van der Waals surface area contributed by atoms with Gasteiger partial charge in [0.15, 0.2) is 0 Å². The predicted octanol–water partition coefficient (Wildman–Crippen LogP) is 1.90. The number of piperidine rings is 1. The van der Waals surface area contributed by atoms with E-state index in [2.05, 4.69) is 39.7 Å². The van der Waals surface area contributed by atoms with Gasteiger partial charge in [0.05, 0.1) is 12.2 Å². The molecule has 1 amide bonds. The smallest absolute Gasteiger partial charge is 0.238 e. The molecule has 2 unspecified atom stereocenters. The third-order valence-electron chi connectivity index (χ3n) is 3.62. The summed E-state index contributed by atoms with van der Waals surface area (Å²) < 4.78 is 1.05. The van der Waals surface area contributed by atoms with Crippen molar-refractivity contribution in [3.63, 3.8) is 0 Å². The fraction of sp³-hybridized carbons (Fsp3) is 0.500. The number of anilines is 1. The van der Waals surface area contributed by atoms with Crippen molar-refractivity contribution in [3.05, 3.63) is 27.8 Å². The molecule has 0 spiro atoms. The van der Waals surface area contributed by atoms with Crippen LogP contribution in [0.15, 0.2) is 24.3 Å². The molecule has 4 nitrogen and oxygen atoms in total. The number of carbonyl (C=O) groups excluding carboxylic acids is 1. The second-order valence-corrected chi connectivity index (χ2v) is 6.36. The molecule has 1 heterocycles. The van der Waals surface area contributed by atoms with Crippen LogP contribution in [0.1, 0.15) is 13.3 Å². The highest BCUT2D eigenvalue weighted by Crippen LogP contribution is 2.18. The fourth-order valence-corrected chi connectivity index (χ4v) is 2.79. The average molecular weight is 373 g/mol. The molecular weight excluding hydrogens is 353 g/mol. The van der Waals surface area contributed by atoms with Gasteiger partial charge in [0.25, 0.3) is 0 Å². The van der Waals surface area contributed by atoms with Crippen LogP contribution in [0.4, 0.5) is 5.69 Å². The number of amides is 1. The summed E-state index contributed by atoms with van der Waals surface area (Å²) in [6, 6.07) is 7.97. The lowest BCUT2D eigenvalue weighted by Crippen LogP contribution is -2.49. The van der Waals surface area contributed by atoms with E-state index in [0.717, 1.165) is 28.8 Å². The Bertz CT molecular complexity index is 452. The second-order valence-electron chi connectivity index (χ2n) is 5.19. The van der Waals surface area contributed by atoms with Crippen LogP contribution in [0.25, 0.3) is 0 Å². The van der Waals surface area contributed by atoms with Crippen molar-refractivity contribution in [2.45, 2.75) is 19.4 Å². The summed E-state index contributed by atoms with van der Waals surface area (Å²) in [5.41, 5.74) is 6.92. The molecule has 1 saturated heterocycles. The number of nitrogens with one attached hydrogen (secondary N) is 1. The molecule has 1 aromatic rings. The Kier molecular flexibility index (Phi) is 5.18. The first kappa shape index (κ1) is 14.7. The predicted molar refractivity (Wildman–Crippen MR) is 86.0 cm³/mol. The van der Waals surface area contributed by atoms with Crippen molar-refractivity contribution in [3.8, 4) is 0 Å². The van der Waals surface area contributed by atoms with E-state index in [0.29, 0.717) is 12.5 Å². The van der Waals surface area contributed by atoms with Gasteiger partial charge in [-0.1, -0.05) is 19.1 Å². The van der Waals surface area contributed by atoms with Gasteiger partial charge in [0.1, 0.15) is 0 Å². The lowest BCUT2D eigenvalue weighted by molar-refractivity contribution is -0.117. The lowest BCUT2D eigenvalue weighted by atomic mass is 9.94. The summed E-state index contributed by atoms with van der Waals surface area (Å²) in [4.78, 5) is 14.2. The number of para-hydroxylation sites is 1. The van der Waals surface area contributed by atoms with Crippen molar-refractivity contribution in [1.29, 1.82) is 0 Å². The Morgan fingerprint density at radius 1 is 1.53 bits per heavy atom. The normalized spacial score (nSPS) is 24.2. The van der Waals surface area contributed by atoms with Gasteiger partial charge in [0.2, 0.25) is 5.91 Å². The van der Waals surface area contributed by atoms with Gasteiger partial charge in [-0.15, -0.1) is 0 Å². The molecule has 2 rings (SSSR count). The Balaban J connectivity index is 1.87. The van der Waals surface area contributed by atoms with E-state index in [-0.39, 0.29) is 11.9 Å². The van der Waals surface area contributed by atoms with Crippen LogP contribution in [-0.4, -0.2) is 36.5 Å². The van der Waals surface area contributed by atoms with Crippen molar-refractivity contribution >= 4 is 34.2 Å². The summed E-state index contributed by atoms with van der Waals surface area (Å²) in [6.07, 6.45) is 1.07. The Morgan fingerprint density at radius 3 is 2.95 bits per heavy atom. The standard InChI is InChI=1S/C14H20IN3O/c1-10-6-7-18(8-12(10)16)9-14(19)17-13-5-3-2-4-11(13)15/h2-5,10,12H,6-9,16H2,1H3,(H,17,19). The topological polar surface area (TPSA) is 58.4 Å². The molecule has 5 heteroatoms. The highest BCUT2D eigenvalue weighted by Gasteiger charge is 2.24. The third-order valence-corrected chi connectivity index (χ3v) is 4.56. The number of nitrogens with zero attached hydrogens (tertiary/aromatic N) is 1. The molecule has 0 aliphatic carbocycles. The highest BCUT2D eigenvalue weighted by atomic mass is 127. The number of rotatable bonds is 3. The SMILES string of the molecule is CC1CCN(CC(=O)Nc2ccccc2I)CC1N. The average Bonchev–Trinajstić information content (AvgIpc) is 2.37. The van der Waals surface area contributed by atoms with Gasteiger partial charge < -0.3 is 11.1 Å². The van der Waals surface area contributed by atoms with Crippen LogP contribution < -0.4 is 11.1 Å². The van der Waals surface area contributed by atoms with Gasteiger partial charge in [-0.3, -0.25) is 9.69 Å². The van der Waals surface area contributed by atoms with Gasteiger partial charge in [0, 0.05) is 16.2 Å². The fourth-order valence-electron chi connectivity index (χ4n) is 2.27. The molecule has 104 valence electrons. The number of benzene rings is 1. The monoisotopic (exact) mass is 373 g/mol. The largest absolute Gasteiger partial charge is 0.326 e. The summed E-state index contributed by atoms with van der Waals surface area (Å²) in [5, 5.41) is 2.95. The van der Waals surface area contributed by atoms with Crippen LogP contribution in [0.5, 0.6) is 0 Å². The minimum atomic E-state index is 0.0332. The molecule has 0 aromatic heterocycles. The number of hydrogen-bond acceptors (Lipinski definition) is 3. The van der Waals surface area contributed by atoms with Crippen molar-refractivity contribution in [2.75, 3.05) is 25.0 Å². The second kappa shape index (κ2) is 6.67. The molecule has 19 heavy (non-hydrogen) atoms. The molecule has 1 aromatic carbocycles. The quantitative estimate of drug-likeness (QED) is 0.796. The number of halogens is 1. The van der Waals surface area contributed by atoms with Gasteiger partial charge in [-0.05, 0) is 53.6 Å². The molecule has 2 atom stereocenters. The minimum Gasteiger partial charge on any atom is -0.326 e. The maximum absolute atomic E-state index is 12.0. The van der Waals surface area contributed by atoms with E-state index in [1.165, 1.54) is 0 Å². The molecule has 1 aliphatic rings. The molecule has 1 fully saturated rings. The van der Waals surface area contributed by atoms with Crippen molar-refractivity contribution in [2.24, 2.45) is 11.7 Å². The van der Waals surface area contributed by atoms with E-state index in [1.54, 1.807) is 0 Å². The van der Waals surface area contributed by atoms with E-state index in [4.69, 9.17) is 5.73 Å². The number of nitrogens with two attached hydrogens (primary N) is 1. The van der Waals surface area contributed by atoms with Crippen LogP contribution in [-0.2, 0) is 4.79 Å². The molecule has 1 aliphatic heterocycles. The van der Waals surface area contributed by atoms with Crippen LogP contribution in [0, 0.1) is 9.49 Å². The first-order valence-corrected chi connectivity index (χ1v) is 7.66. The number of likely N-dealkylation sites (tertiary alicyclic amines) is 1. The van der Waals surface area contributed by atoms with E-state index in [9.17, 15) is 4.79 Å². The molecule has 0 saturated carbocycles. The van der Waals surface area contributed by atoms with E-state index >= 15 is 0 Å². The summed E-state index contributed by atoms with van der Waals surface area (Å²) in [7, 11) is 0. The Hall–Kier alpha value is -0.660. The van der Waals surface area contributed by atoms with Crippen LogP contribution >= 0.6 is 22.6 Å². The first-order valence-electron chi connectivity index (χ1n) is 6.58. The summed E-state index contributed by atoms with van der Waals surface area (Å²) in [6.45, 7) is 4.36. The zero-order chi connectivity index (χ0) is 13.8. The number of carbonyl (C=O) groups is 1. The zero-order valence-corrected chi connectivity index (χ0v) is 13.3. The zero-order valence-electron chi connectivity index (χ0n) is 11.1. The van der Waals surface area contributed by atoms with E-state index in [1.807, 2.05) is 24.3 Å². The molecular formula is C14H20IN3O. The minimum absolute atomic E-state index is 0.0332. The first-order chi connectivity index (χ1) is 9.06. The summed E-state index contributed by atoms with van der Waals surface area (Å²) in [5.74, 6) is 0.584. The van der Waals surface area contributed by atoms with Gasteiger partial charge in [-0.25, -0.2) is 0 Å². The summed E-state index contributed by atoms with van der Waals surface area (Å²) >= 11 is 2.22. The highest BCUT2D eigenvalue weighted by molar-refractivity contribution is 14.1. The van der Waals surface area contributed by atoms with Gasteiger partial charge >= 0.3 is 0 Å². The van der Waals surface area contributed by atoms with E-state index < -0.39 is 0 Å². The lowest BCUT2D eigenvalue weighted by Gasteiger charge is -2.34. The van der Waals surface area contributed by atoms with Crippen molar-refractivity contribution < 1.29 is 4.79 Å². The molecule has 0 radical (unpaired) electrons. The van der Waals surface area contributed by atoms with Crippen LogP contribution in [0.2, 0.25) is 0 Å². The molecule has 0 bridgehead atoms.